The quantitative estimate of drug-likeness (QED) is 0.840. The molecule has 4 heteroatoms. The van der Waals surface area contributed by atoms with E-state index >= 15 is 0 Å². The molecule has 0 spiro atoms. The highest BCUT2D eigenvalue weighted by molar-refractivity contribution is 8.13. The zero-order chi connectivity index (χ0) is 13.6. The first-order valence-corrected chi connectivity index (χ1v) is 8.90. The molecule has 0 unspecified atom stereocenters. The van der Waals surface area contributed by atoms with Gasteiger partial charge in [0.1, 0.15) is 0 Å². The van der Waals surface area contributed by atoms with E-state index in [0.29, 0.717) is 5.41 Å². The molecule has 0 aromatic carbocycles. The monoisotopic (exact) mass is 283 g/mol. The Hall–Kier alpha value is -0.220. The van der Waals surface area contributed by atoms with Gasteiger partial charge < -0.3 is 10.2 Å². The highest BCUT2D eigenvalue weighted by Crippen LogP contribution is 2.34. The molecule has 2 heterocycles. The molecule has 2 aliphatic rings. The molecule has 1 saturated heterocycles. The highest BCUT2D eigenvalue weighted by Gasteiger charge is 2.29. The normalized spacial score (nSPS) is 24.0. The molecule has 3 nitrogen and oxygen atoms in total. The van der Waals surface area contributed by atoms with Crippen LogP contribution < -0.4 is 5.32 Å². The Balaban J connectivity index is 1.68. The number of hydrogen-bond acceptors (Lipinski definition) is 4. The van der Waals surface area contributed by atoms with Crippen LogP contribution in [0.3, 0.4) is 0 Å². The largest absolute Gasteiger partial charge is 0.364 e. The predicted molar refractivity (Wildman–Crippen MR) is 86.1 cm³/mol. The molecule has 2 aliphatic heterocycles. The van der Waals surface area contributed by atoms with E-state index in [1.807, 2.05) is 11.8 Å². The van der Waals surface area contributed by atoms with Crippen molar-refractivity contribution in [1.29, 1.82) is 0 Å². The second-order valence-corrected chi connectivity index (χ2v) is 6.91. The van der Waals surface area contributed by atoms with E-state index < -0.39 is 0 Å². The summed E-state index contributed by atoms with van der Waals surface area (Å²) in [5.74, 6) is 1.23. The molecule has 0 saturated carbocycles. The maximum atomic E-state index is 4.76. The van der Waals surface area contributed by atoms with Crippen LogP contribution in [0.15, 0.2) is 4.99 Å². The number of amidine groups is 1. The predicted octanol–water partition coefficient (Wildman–Crippen LogP) is 2.97. The third kappa shape index (κ3) is 4.38. The first-order valence-electron chi connectivity index (χ1n) is 7.91. The minimum atomic E-state index is 0.461. The Morgan fingerprint density at radius 1 is 1.21 bits per heavy atom. The van der Waals surface area contributed by atoms with Gasteiger partial charge in [-0.1, -0.05) is 32.0 Å². The van der Waals surface area contributed by atoms with E-state index in [1.54, 1.807) is 0 Å². The van der Waals surface area contributed by atoms with Gasteiger partial charge in [-0.25, -0.2) is 0 Å². The van der Waals surface area contributed by atoms with E-state index in [1.165, 1.54) is 62.7 Å². The second-order valence-electron chi connectivity index (χ2n) is 5.95. The van der Waals surface area contributed by atoms with Gasteiger partial charge in [0.25, 0.3) is 0 Å². The zero-order valence-corrected chi connectivity index (χ0v) is 13.4. The first-order chi connectivity index (χ1) is 9.28. The molecule has 0 aliphatic carbocycles. The van der Waals surface area contributed by atoms with Crippen LogP contribution >= 0.6 is 11.8 Å². The van der Waals surface area contributed by atoms with Gasteiger partial charge in [0, 0.05) is 25.4 Å². The number of nitrogens with zero attached hydrogens (tertiary/aromatic N) is 2. The summed E-state index contributed by atoms with van der Waals surface area (Å²) in [4.78, 5) is 7.33. The maximum Gasteiger partial charge on any atom is 0.156 e. The molecule has 110 valence electrons. The molecule has 1 fully saturated rings. The van der Waals surface area contributed by atoms with Crippen molar-refractivity contribution in [3.63, 3.8) is 0 Å². The highest BCUT2D eigenvalue weighted by atomic mass is 32.2. The number of likely N-dealkylation sites (tertiary alicyclic amines) is 1. The summed E-state index contributed by atoms with van der Waals surface area (Å²) in [6.45, 7) is 10.4. The van der Waals surface area contributed by atoms with Crippen molar-refractivity contribution in [3.8, 4) is 0 Å². The SMILES string of the molecule is CCC1(CC)CN=C(NCCN2CCCCC2)SC1. The van der Waals surface area contributed by atoms with Crippen LogP contribution in [-0.2, 0) is 0 Å². The third-order valence-electron chi connectivity index (χ3n) is 4.73. The topological polar surface area (TPSA) is 27.6 Å². The van der Waals surface area contributed by atoms with E-state index in [9.17, 15) is 0 Å². The van der Waals surface area contributed by atoms with Gasteiger partial charge in [0.05, 0.1) is 0 Å². The number of piperidine rings is 1. The Labute approximate surface area is 122 Å². The summed E-state index contributed by atoms with van der Waals surface area (Å²) >= 11 is 1.93. The fourth-order valence-corrected chi connectivity index (χ4v) is 4.14. The second kappa shape index (κ2) is 7.53. The Kier molecular flexibility index (Phi) is 6.02. The smallest absolute Gasteiger partial charge is 0.156 e. The van der Waals surface area contributed by atoms with Crippen molar-refractivity contribution < 1.29 is 0 Å². The summed E-state index contributed by atoms with van der Waals surface area (Å²) in [7, 11) is 0. The van der Waals surface area contributed by atoms with Gasteiger partial charge in [-0.05, 0) is 44.2 Å². The fourth-order valence-electron chi connectivity index (χ4n) is 2.84. The number of thioether (sulfide) groups is 1. The van der Waals surface area contributed by atoms with Crippen molar-refractivity contribution in [1.82, 2.24) is 10.2 Å². The van der Waals surface area contributed by atoms with Gasteiger partial charge in [0.15, 0.2) is 5.17 Å². The molecule has 2 rings (SSSR count). The van der Waals surface area contributed by atoms with Crippen molar-refractivity contribution >= 4 is 16.9 Å². The van der Waals surface area contributed by atoms with Crippen molar-refractivity contribution in [2.24, 2.45) is 10.4 Å². The Morgan fingerprint density at radius 2 is 1.95 bits per heavy atom. The van der Waals surface area contributed by atoms with Crippen LogP contribution in [0.2, 0.25) is 0 Å². The minimum absolute atomic E-state index is 0.461. The van der Waals surface area contributed by atoms with Crippen LogP contribution in [-0.4, -0.2) is 48.5 Å². The average Bonchev–Trinajstić information content (AvgIpc) is 2.49. The molecule has 1 N–H and O–H groups in total. The number of aliphatic imine (C=N–C) groups is 1. The molecule has 0 amide bonds. The molecule has 19 heavy (non-hydrogen) atoms. The minimum Gasteiger partial charge on any atom is -0.364 e. The van der Waals surface area contributed by atoms with E-state index in [0.717, 1.165) is 13.1 Å². The van der Waals surface area contributed by atoms with Gasteiger partial charge >= 0.3 is 0 Å². The molecule has 0 atom stereocenters. The van der Waals surface area contributed by atoms with Gasteiger partial charge in [-0.2, -0.15) is 0 Å². The van der Waals surface area contributed by atoms with Crippen molar-refractivity contribution in [2.75, 3.05) is 38.5 Å². The molecular weight excluding hydrogens is 254 g/mol. The number of hydrogen-bond donors (Lipinski definition) is 1. The lowest BCUT2D eigenvalue weighted by atomic mass is 9.84. The first kappa shape index (κ1) is 15.2. The van der Waals surface area contributed by atoms with Crippen LogP contribution in [0.25, 0.3) is 0 Å². The zero-order valence-electron chi connectivity index (χ0n) is 12.6. The number of nitrogens with one attached hydrogen (secondary N) is 1. The van der Waals surface area contributed by atoms with Gasteiger partial charge in [-0.3, -0.25) is 4.99 Å². The standard InChI is InChI=1S/C15H29N3S/c1-3-15(4-2)12-17-14(19-13-15)16-8-11-18-9-6-5-7-10-18/h3-13H2,1-2H3,(H,16,17). The molecule has 0 bridgehead atoms. The summed E-state index contributed by atoms with van der Waals surface area (Å²) < 4.78 is 0. The summed E-state index contributed by atoms with van der Waals surface area (Å²) in [6.07, 6.45) is 6.68. The average molecular weight is 283 g/mol. The van der Waals surface area contributed by atoms with E-state index in [2.05, 4.69) is 24.1 Å². The number of rotatable bonds is 5. The van der Waals surface area contributed by atoms with Crippen LogP contribution in [0.4, 0.5) is 0 Å². The third-order valence-corrected chi connectivity index (χ3v) is 6.03. The van der Waals surface area contributed by atoms with Crippen LogP contribution in [0.5, 0.6) is 0 Å². The molecular formula is C15H29N3S. The maximum absolute atomic E-state index is 4.76. The Bertz CT molecular complexity index is 294. The van der Waals surface area contributed by atoms with Crippen LogP contribution in [0.1, 0.15) is 46.0 Å². The van der Waals surface area contributed by atoms with E-state index in [4.69, 9.17) is 4.99 Å². The van der Waals surface area contributed by atoms with Gasteiger partial charge in [0.2, 0.25) is 0 Å². The lowest BCUT2D eigenvalue weighted by molar-refractivity contribution is 0.232. The summed E-state index contributed by atoms with van der Waals surface area (Å²) in [5, 5.41) is 4.70. The fraction of sp³-hybridized carbons (Fsp3) is 0.933. The lowest BCUT2D eigenvalue weighted by Gasteiger charge is -2.33. The summed E-state index contributed by atoms with van der Waals surface area (Å²) in [6, 6.07) is 0. The Morgan fingerprint density at radius 3 is 2.53 bits per heavy atom. The lowest BCUT2D eigenvalue weighted by Crippen LogP contribution is -2.39. The van der Waals surface area contributed by atoms with Gasteiger partial charge in [-0.15, -0.1) is 0 Å². The van der Waals surface area contributed by atoms with Crippen molar-refractivity contribution in [2.45, 2.75) is 46.0 Å². The van der Waals surface area contributed by atoms with Crippen molar-refractivity contribution in [3.05, 3.63) is 0 Å². The molecule has 0 aromatic heterocycles. The molecule has 0 aromatic rings. The van der Waals surface area contributed by atoms with E-state index in [-0.39, 0.29) is 0 Å². The molecule has 0 radical (unpaired) electrons. The summed E-state index contributed by atoms with van der Waals surface area (Å²) in [5.41, 5.74) is 0.461. The van der Waals surface area contributed by atoms with Crippen LogP contribution in [0, 0.1) is 5.41 Å².